The zero-order valence-corrected chi connectivity index (χ0v) is 9.90. The van der Waals surface area contributed by atoms with Gasteiger partial charge in [-0.15, -0.1) is 0 Å². The summed E-state index contributed by atoms with van der Waals surface area (Å²) >= 11 is 0. The van der Waals surface area contributed by atoms with Gasteiger partial charge in [0.15, 0.2) is 0 Å². The SMILES string of the molecule is CNC(=O)CCOc1ccc2c(c1)CCC2O. The number of ether oxygens (including phenoxy) is 1. The monoisotopic (exact) mass is 235 g/mol. The van der Waals surface area contributed by atoms with Crippen LogP contribution in [0.2, 0.25) is 0 Å². The molecule has 1 aliphatic carbocycles. The van der Waals surface area contributed by atoms with Crippen LogP contribution < -0.4 is 10.1 Å². The molecule has 1 amide bonds. The molecule has 1 aromatic carbocycles. The molecule has 0 aromatic heterocycles. The Morgan fingerprint density at radius 3 is 3.18 bits per heavy atom. The third kappa shape index (κ3) is 2.77. The predicted octanol–water partition coefficient (Wildman–Crippen LogP) is 1.18. The highest BCUT2D eigenvalue weighted by Gasteiger charge is 2.20. The van der Waals surface area contributed by atoms with Crippen LogP contribution in [0.15, 0.2) is 18.2 Å². The van der Waals surface area contributed by atoms with Gasteiger partial charge in [0.25, 0.3) is 0 Å². The Morgan fingerprint density at radius 2 is 2.41 bits per heavy atom. The molecule has 0 aliphatic heterocycles. The van der Waals surface area contributed by atoms with E-state index in [9.17, 15) is 9.90 Å². The molecule has 0 spiro atoms. The summed E-state index contributed by atoms with van der Waals surface area (Å²) in [7, 11) is 1.61. The van der Waals surface area contributed by atoms with Crippen molar-refractivity contribution in [3.05, 3.63) is 29.3 Å². The molecular weight excluding hydrogens is 218 g/mol. The molecule has 1 aromatic rings. The van der Waals surface area contributed by atoms with Crippen molar-refractivity contribution in [1.82, 2.24) is 5.32 Å². The molecule has 0 radical (unpaired) electrons. The van der Waals surface area contributed by atoms with Crippen LogP contribution in [-0.2, 0) is 11.2 Å². The molecule has 0 bridgehead atoms. The maximum atomic E-state index is 11.0. The maximum absolute atomic E-state index is 11.0. The van der Waals surface area contributed by atoms with Gasteiger partial charge < -0.3 is 15.2 Å². The van der Waals surface area contributed by atoms with Crippen LogP contribution in [0.1, 0.15) is 30.1 Å². The minimum absolute atomic E-state index is 0.0263. The lowest BCUT2D eigenvalue weighted by molar-refractivity contribution is -0.121. The lowest BCUT2D eigenvalue weighted by Crippen LogP contribution is -2.20. The van der Waals surface area contributed by atoms with Gasteiger partial charge in [0.1, 0.15) is 5.75 Å². The molecule has 1 atom stereocenters. The molecule has 2 rings (SSSR count). The van der Waals surface area contributed by atoms with Gasteiger partial charge >= 0.3 is 0 Å². The number of carbonyl (C=O) groups excluding carboxylic acids is 1. The van der Waals surface area contributed by atoms with Crippen molar-refractivity contribution in [3.63, 3.8) is 0 Å². The van der Waals surface area contributed by atoms with Gasteiger partial charge in [-0.2, -0.15) is 0 Å². The Hall–Kier alpha value is -1.55. The van der Waals surface area contributed by atoms with Crippen molar-refractivity contribution in [1.29, 1.82) is 0 Å². The van der Waals surface area contributed by atoms with Gasteiger partial charge in [0.2, 0.25) is 5.91 Å². The first-order valence-electron chi connectivity index (χ1n) is 5.85. The highest BCUT2D eigenvalue weighted by atomic mass is 16.5. The quantitative estimate of drug-likeness (QED) is 0.824. The van der Waals surface area contributed by atoms with E-state index >= 15 is 0 Å². The van der Waals surface area contributed by atoms with Crippen LogP contribution >= 0.6 is 0 Å². The van der Waals surface area contributed by atoms with Gasteiger partial charge in [-0.25, -0.2) is 0 Å². The van der Waals surface area contributed by atoms with Crippen molar-refractivity contribution in [2.75, 3.05) is 13.7 Å². The second kappa shape index (κ2) is 5.19. The summed E-state index contributed by atoms with van der Waals surface area (Å²) in [5.41, 5.74) is 2.15. The number of aryl methyl sites for hydroxylation is 1. The molecule has 2 N–H and O–H groups in total. The average molecular weight is 235 g/mol. The number of benzene rings is 1. The van der Waals surface area contributed by atoms with Gasteiger partial charge in [-0.1, -0.05) is 6.07 Å². The number of rotatable bonds is 4. The topological polar surface area (TPSA) is 58.6 Å². The van der Waals surface area contributed by atoms with E-state index in [4.69, 9.17) is 4.74 Å². The molecule has 0 heterocycles. The van der Waals surface area contributed by atoms with Crippen LogP contribution in [0.5, 0.6) is 5.75 Å². The lowest BCUT2D eigenvalue weighted by atomic mass is 10.1. The third-order valence-corrected chi connectivity index (χ3v) is 3.04. The second-order valence-corrected chi connectivity index (χ2v) is 4.19. The van der Waals surface area contributed by atoms with Crippen molar-refractivity contribution in [2.24, 2.45) is 0 Å². The largest absolute Gasteiger partial charge is 0.493 e. The summed E-state index contributed by atoms with van der Waals surface area (Å²) in [4.78, 5) is 11.0. The van der Waals surface area contributed by atoms with E-state index in [-0.39, 0.29) is 12.0 Å². The smallest absolute Gasteiger partial charge is 0.223 e. The van der Waals surface area contributed by atoms with E-state index in [1.807, 2.05) is 18.2 Å². The fraction of sp³-hybridized carbons (Fsp3) is 0.462. The zero-order chi connectivity index (χ0) is 12.3. The van der Waals surface area contributed by atoms with Gasteiger partial charge in [-0.05, 0) is 36.1 Å². The Kier molecular flexibility index (Phi) is 3.64. The normalized spacial score (nSPS) is 17.6. The van der Waals surface area contributed by atoms with E-state index in [0.717, 1.165) is 29.7 Å². The third-order valence-electron chi connectivity index (χ3n) is 3.04. The summed E-state index contributed by atoms with van der Waals surface area (Å²) in [6, 6.07) is 5.70. The number of fused-ring (bicyclic) bond motifs is 1. The average Bonchev–Trinajstić information content (AvgIpc) is 2.70. The minimum atomic E-state index is -0.329. The van der Waals surface area contributed by atoms with Gasteiger partial charge in [0.05, 0.1) is 19.1 Å². The van der Waals surface area contributed by atoms with E-state index in [0.29, 0.717) is 13.0 Å². The van der Waals surface area contributed by atoms with Crippen LogP contribution in [0, 0.1) is 0 Å². The van der Waals surface area contributed by atoms with E-state index in [2.05, 4.69) is 5.32 Å². The Balaban J connectivity index is 1.92. The molecule has 0 fully saturated rings. The van der Waals surface area contributed by atoms with Crippen molar-refractivity contribution >= 4 is 5.91 Å². The van der Waals surface area contributed by atoms with Crippen LogP contribution in [0.4, 0.5) is 0 Å². The first-order chi connectivity index (χ1) is 8.20. The molecule has 92 valence electrons. The highest BCUT2D eigenvalue weighted by Crippen LogP contribution is 2.33. The number of amides is 1. The summed E-state index contributed by atoms with van der Waals surface area (Å²) in [6.45, 7) is 0.376. The first kappa shape index (κ1) is 11.9. The Labute approximate surface area is 101 Å². The van der Waals surface area contributed by atoms with E-state index in [1.165, 1.54) is 0 Å². The highest BCUT2D eigenvalue weighted by molar-refractivity contribution is 5.75. The lowest BCUT2D eigenvalue weighted by Gasteiger charge is -2.08. The summed E-state index contributed by atoms with van der Waals surface area (Å²) in [5.74, 6) is 0.739. The number of carbonyl (C=O) groups is 1. The van der Waals surface area contributed by atoms with E-state index in [1.54, 1.807) is 7.05 Å². The molecular formula is C13H17NO3. The molecule has 17 heavy (non-hydrogen) atoms. The molecule has 0 saturated heterocycles. The molecule has 4 nitrogen and oxygen atoms in total. The maximum Gasteiger partial charge on any atom is 0.223 e. The number of hydrogen-bond donors (Lipinski definition) is 2. The van der Waals surface area contributed by atoms with Crippen LogP contribution in [-0.4, -0.2) is 24.7 Å². The van der Waals surface area contributed by atoms with Crippen LogP contribution in [0.25, 0.3) is 0 Å². The molecule has 1 unspecified atom stereocenters. The molecule has 4 heteroatoms. The fourth-order valence-corrected chi connectivity index (χ4v) is 2.05. The van der Waals surface area contributed by atoms with Crippen molar-refractivity contribution in [2.45, 2.75) is 25.4 Å². The van der Waals surface area contributed by atoms with Gasteiger partial charge in [0, 0.05) is 7.05 Å². The Morgan fingerprint density at radius 1 is 1.59 bits per heavy atom. The minimum Gasteiger partial charge on any atom is -0.493 e. The second-order valence-electron chi connectivity index (χ2n) is 4.19. The standard InChI is InChI=1S/C13H17NO3/c1-14-13(16)6-7-17-10-3-4-11-9(8-10)2-5-12(11)15/h3-4,8,12,15H,2,5-7H2,1H3,(H,14,16). The van der Waals surface area contributed by atoms with Crippen molar-refractivity contribution in [3.8, 4) is 5.75 Å². The molecule has 1 aliphatic rings. The number of aliphatic hydroxyl groups excluding tert-OH is 1. The fourth-order valence-electron chi connectivity index (χ4n) is 2.05. The first-order valence-corrected chi connectivity index (χ1v) is 5.85. The zero-order valence-electron chi connectivity index (χ0n) is 9.90. The molecule has 0 saturated carbocycles. The van der Waals surface area contributed by atoms with Crippen molar-refractivity contribution < 1.29 is 14.6 Å². The van der Waals surface area contributed by atoms with E-state index < -0.39 is 0 Å². The summed E-state index contributed by atoms with van der Waals surface area (Å²) in [5, 5.41) is 12.2. The number of nitrogens with one attached hydrogen (secondary N) is 1. The Bertz CT molecular complexity index is 417. The summed E-state index contributed by atoms with van der Waals surface area (Å²) in [6.07, 6.45) is 1.71. The predicted molar refractivity (Wildman–Crippen MR) is 63.9 cm³/mol. The summed E-state index contributed by atoms with van der Waals surface area (Å²) < 4.78 is 5.50. The van der Waals surface area contributed by atoms with Gasteiger partial charge in [-0.3, -0.25) is 4.79 Å². The van der Waals surface area contributed by atoms with Crippen LogP contribution in [0.3, 0.4) is 0 Å². The number of aliphatic hydroxyl groups is 1. The number of hydrogen-bond acceptors (Lipinski definition) is 3.